The molecule has 2 saturated heterocycles. The van der Waals surface area contributed by atoms with E-state index in [0.717, 1.165) is 48.9 Å². The van der Waals surface area contributed by atoms with Gasteiger partial charge in [0.2, 0.25) is 11.8 Å². The van der Waals surface area contributed by atoms with E-state index < -0.39 is 150 Å². The third kappa shape index (κ3) is 20.3. The van der Waals surface area contributed by atoms with Gasteiger partial charge in [-0.25, -0.2) is 19.4 Å². The lowest BCUT2D eigenvalue weighted by Crippen LogP contribution is -2.63. The predicted molar refractivity (Wildman–Crippen MR) is 291 cm³/mol. The Morgan fingerprint density at radius 2 is 1.46 bits per heavy atom. The van der Waals surface area contributed by atoms with Gasteiger partial charge in [0.25, 0.3) is 5.56 Å². The number of aromatic amines is 1. The van der Waals surface area contributed by atoms with E-state index in [9.17, 15) is 63.9 Å². The van der Waals surface area contributed by atoms with Crippen LogP contribution < -0.4 is 54.6 Å². The number of guanidine groups is 1. The summed E-state index contributed by atoms with van der Waals surface area (Å²) in [6, 6.07) is -7.39. The van der Waals surface area contributed by atoms with Crippen LogP contribution in [0.1, 0.15) is 125 Å². The lowest BCUT2D eigenvalue weighted by atomic mass is 9.96. The Morgan fingerprint density at radius 3 is 2.04 bits per heavy atom. The molecule has 29 heteroatoms. The van der Waals surface area contributed by atoms with Crippen molar-refractivity contribution in [1.82, 2.24) is 41.5 Å². The molecule has 4 heterocycles. The van der Waals surface area contributed by atoms with Gasteiger partial charge >= 0.3 is 29.6 Å². The van der Waals surface area contributed by atoms with E-state index in [2.05, 4.69) is 50.7 Å². The number of aliphatic hydroxyl groups excluding tert-OH is 3. The molecule has 3 aliphatic rings. The largest absolute Gasteiger partial charge is 0.480 e. The van der Waals surface area contributed by atoms with E-state index in [1.807, 2.05) is 4.98 Å². The van der Waals surface area contributed by atoms with Gasteiger partial charge in [-0.05, 0) is 43.6 Å². The summed E-state index contributed by atoms with van der Waals surface area (Å²) in [6.45, 7) is 10.5. The molecule has 460 valence electrons. The molecule has 81 heavy (non-hydrogen) atoms. The standard InChI is InChI=1S/C52H89N11O18/c1-26(2)17-14-12-10-8-9-11-13-15-18-32(65)79-40(28(5)6)35(60-45(70)34(29-19-23-57-50(54)58-29)62-51(75)61-33(27(3)4)47(71)72)44(69)56-22-16-21-55-36(48(73)74)41(81-49-43(77-7)37(66)30(25-53)78-49)42-38(67)39(68)46(80-42)63-24-20-31(64)59-52(63)76/h20,24,26-30,33-43,46,49,55,66-68H,8-19,21-23,25,53H2,1-7H3,(H,56,69)(H,60,70)(H,71,72)(H,73,74)(H3,54,57,58)(H,59,64,76)(H2,61,62,75)/t29-,30+,33-,34-,35-,36-,37+,38-,39+,40-,41-,42-,43+,46+,49-/m0/s1. The number of rotatable bonds is 35. The number of hydrogen-bond acceptors (Lipinski definition) is 21. The number of aliphatic carboxylic acids is 2. The van der Waals surface area contributed by atoms with Crippen molar-refractivity contribution in [3.05, 3.63) is 33.1 Å². The number of esters is 1. The summed E-state index contributed by atoms with van der Waals surface area (Å²) in [5.41, 5.74) is 9.99. The van der Waals surface area contributed by atoms with Crippen molar-refractivity contribution in [3.63, 3.8) is 0 Å². The third-order valence-corrected chi connectivity index (χ3v) is 14.4. The van der Waals surface area contributed by atoms with E-state index in [4.69, 9.17) is 35.2 Å². The number of nitrogens with zero attached hydrogens (tertiary/aromatic N) is 2. The second-order valence-corrected chi connectivity index (χ2v) is 21.9. The Morgan fingerprint density at radius 1 is 0.802 bits per heavy atom. The van der Waals surface area contributed by atoms with Crippen LogP contribution in [0.2, 0.25) is 0 Å². The van der Waals surface area contributed by atoms with E-state index >= 15 is 0 Å². The van der Waals surface area contributed by atoms with Crippen molar-refractivity contribution in [2.45, 2.75) is 210 Å². The molecule has 0 saturated carbocycles. The summed E-state index contributed by atoms with van der Waals surface area (Å²) in [4.78, 5) is 112. The molecular weight excluding hydrogens is 1070 g/mol. The average Bonchev–Trinajstić information content (AvgIpc) is 3.90. The number of H-pyrrole nitrogens is 1. The summed E-state index contributed by atoms with van der Waals surface area (Å²) >= 11 is 0. The van der Waals surface area contributed by atoms with Crippen LogP contribution in [0, 0.1) is 17.8 Å². The van der Waals surface area contributed by atoms with E-state index in [1.54, 1.807) is 27.7 Å². The number of amides is 4. The molecule has 0 aliphatic carbocycles. The summed E-state index contributed by atoms with van der Waals surface area (Å²) in [5.74, 6) is -5.84. The molecule has 4 rings (SSSR count). The van der Waals surface area contributed by atoms with Gasteiger partial charge in [0.15, 0.2) is 18.5 Å². The number of aromatic nitrogens is 2. The number of nitrogens with one attached hydrogen (secondary N) is 7. The fourth-order valence-corrected chi connectivity index (χ4v) is 9.86. The first kappa shape index (κ1) is 67.7. The summed E-state index contributed by atoms with van der Waals surface area (Å²) in [7, 11) is 1.23. The number of carbonyl (C=O) groups is 6. The van der Waals surface area contributed by atoms with Crippen LogP contribution in [0.15, 0.2) is 26.8 Å². The number of carboxylic acids is 2. The van der Waals surface area contributed by atoms with Gasteiger partial charge in [0.1, 0.15) is 73.0 Å². The number of ether oxygens (including phenoxy) is 5. The van der Waals surface area contributed by atoms with Crippen LogP contribution in [-0.2, 0) is 47.7 Å². The van der Waals surface area contributed by atoms with E-state index in [1.165, 1.54) is 26.4 Å². The molecule has 1 aromatic heterocycles. The van der Waals surface area contributed by atoms with Crippen LogP contribution in [0.3, 0.4) is 0 Å². The molecule has 3 aliphatic heterocycles. The van der Waals surface area contributed by atoms with Crippen LogP contribution in [0.5, 0.6) is 0 Å². The first-order valence-corrected chi connectivity index (χ1v) is 28.1. The Hall–Kier alpha value is -5.79. The molecule has 2 fully saturated rings. The molecule has 29 nitrogen and oxygen atoms in total. The molecule has 16 N–H and O–H groups in total. The van der Waals surface area contributed by atoms with Crippen molar-refractivity contribution in [3.8, 4) is 0 Å². The van der Waals surface area contributed by atoms with Gasteiger partial charge in [0.05, 0.1) is 6.04 Å². The highest BCUT2D eigenvalue weighted by Crippen LogP contribution is 2.35. The number of urea groups is 1. The maximum atomic E-state index is 14.5. The third-order valence-electron chi connectivity index (χ3n) is 14.4. The summed E-state index contributed by atoms with van der Waals surface area (Å²) in [6.07, 6.45) is -5.27. The zero-order chi connectivity index (χ0) is 60.1. The second kappa shape index (κ2) is 33.3. The topological polar surface area (TPSA) is 441 Å². The van der Waals surface area contributed by atoms with Gasteiger partial charge in [-0.3, -0.25) is 33.5 Å². The monoisotopic (exact) mass is 1160 g/mol. The van der Waals surface area contributed by atoms with Gasteiger partial charge in [-0.2, -0.15) is 0 Å². The molecule has 0 radical (unpaired) electrons. The number of aliphatic hydroxyl groups is 3. The van der Waals surface area contributed by atoms with Gasteiger partial charge in [-0.1, -0.05) is 92.9 Å². The molecule has 0 aromatic carbocycles. The average molecular weight is 1160 g/mol. The number of aliphatic imine (C=N–C) groups is 1. The van der Waals surface area contributed by atoms with Crippen molar-refractivity contribution < 1.29 is 78.0 Å². The SMILES string of the molecule is CO[C@H]1[C@H](O[C@H]([C@H]2O[C@@H](n3ccc(=O)[nH]c3=O)[C@H](O)[C@@H]2O)[C@H](NCCCNC(=O)[C@@H](NC(=O)[C@@H](NC(=O)N[C@H](C(=O)O)C(C)C)[C@@H]2CCNC(N)=N2)[C@@H](OC(=O)CCCCCCCCCCC(C)C)C(C)C)C(=O)O)O[C@H](CN)[C@H]1O. The molecule has 0 bridgehead atoms. The van der Waals surface area contributed by atoms with Crippen molar-refractivity contribution in [2.75, 3.05) is 33.3 Å². The maximum Gasteiger partial charge on any atom is 0.330 e. The highest BCUT2D eigenvalue weighted by Gasteiger charge is 2.54. The number of carbonyl (C=O) groups excluding carboxylic acids is 4. The van der Waals surface area contributed by atoms with E-state index in [-0.39, 0.29) is 51.4 Å². The molecular formula is C52H89N11O18. The minimum Gasteiger partial charge on any atom is -0.480 e. The first-order chi connectivity index (χ1) is 38.4. The zero-order valence-electron chi connectivity index (χ0n) is 47.5. The molecule has 1 aromatic rings. The minimum absolute atomic E-state index is 0.0242. The Kier molecular flexibility index (Phi) is 27.9. The Bertz CT molecular complexity index is 2340. The van der Waals surface area contributed by atoms with Crippen molar-refractivity contribution >= 4 is 41.7 Å². The maximum absolute atomic E-state index is 14.5. The Labute approximate surface area is 470 Å². The molecule has 15 atom stereocenters. The van der Waals surface area contributed by atoms with Crippen LogP contribution in [0.25, 0.3) is 0 Å². The number of carboxylic acid groups (broad SMARTS) is 2. The van der Waals surface area contributed by atoms with Crippen LogP contribution in [0.4, 0.5) is 4.79 Å². The number of methoxy groups -OCH3 is 1. The Balaban J connectivity index is 1.56. The number of unbranched alkanes of at least 4 members (excludes halogenated alkanes) is 7. The smallest absolute Gasteiger partial charge is 0.330 e. The minimum atomic E-state index is -1.93. The molecule has 4 amide bonds. The molecule has 0 unspecified atom stereocenters. The normalized spacial score (nSPS) is 25.0. The quantitative estimate of drug-likeness (QED) is 0.0264. The van der Waals surface area contributed by atoms with E-state index in [0.29, 0.717) is 12.3 Å². The van der Waals surface area contributed by atoms with Gasteiger partial charge in [-0.15, -0.1) is 0 Å². The zero-order valence-corrected chi connectivity index (χ0v) is 47.5. The van der Waals surface area contributed by atoms with Gasteiger partial charge < -0.3 is 92.6 Å². The fraction of sp³-hybridized carbons (Fsp3) is 0.788. The second-order valence-electron chi connectivity index (χ2n) is 21.9. The fourth-order valence-electron chi connectivity index (χ4n) is 9.86. The lowest BCUT2D eigenvalue weighted by molar-refractivity contribution is -0.231. The van der Waals surface area contributed by atoms with Crippen LogP contribution >= 0.6 is 0 Å². The predicted octanol–water partition coefficient (Wildman–Crippen LogP) is -1.79. The molecule has 0 spiro atoms. The highest BCUT2D eigenvalue weighted by molar-refractivity contribution is 5.94. The van der Waals surface area contributed by atoms with Gasteiger partial charge in [0, 0.05) is 45.4 Å². The number of hydrogen-bond donors (Lipinski definition) is 14. The highest BCUT2D eigenvalue weighted by atomic mass is 16.7. The lowest BCUT2D eigenvalue weighted by Gasteiger charge is -2.34. The van der Waals surface area contributed by atoms with Crippen LogP contribution in [-0.4, -0.2) is 195 Å². The summed E-state index contributed by atoms with van der Waals surface area (Å²) < 4.78 is 30.0. The first-order valence-electron chi connectivity index (χ1n) is 28.1. The summed E-state index contributed by atoms with van der Waals surface area (Å²) in [5, 5.41) is 69.7. The van der Waals surface area contributed by atoms with Crippen molar-refractivity contribution in [1.29, 1.82) is 0 Å². The number of nitrogens with two attached hydrogens (primary N) is 2. The van der Waals surface area contributed by atoms with Crippen molar-refractivity contribution in [2.24, 2.45) is 34.2 Å².